The molecular weight excluding hydrogens is 307 g/mol. The van der Waals surface area contributed by atoms with Crippen LogP contribution in [0.2, 0.25) is 0 Å². The summed E-state index contributed by atoms with van der Waals surface area (Å²) in [4.78, 5) is 14.4. The van der Waals surface area contributed by atoms with Crippen molar-refractivity contribution >= 4 is 21.6 Å². The van der Waals surface area contributed by atoms with Gasteiger partial charge in [-0.2, -0.15) is 0 Å². The molecule has 2 heterocycles. The molecule has 0 radical (unpaired) electrons. The van der Waals surface area contributed by atoms with Crippen molar-refractivity contribution < 1.29 is 17.6 Å². The largest absolute Gasteiger partial charge is 0.309 e. The predicted molar refractivity (Wildman–Crippen MR) is 81.6 cm³/mol. The highest BCUT2D eigenvalue weighted by molar-refractivity contribution is 7.88. The smallest absolute Gasteiger partial charge is 0.233 e. The molecule has 2 aliphatic rings. The molecule has 0 aromatic heterocycles. The Bertz CT molecular complexity index is 713. The van der Waals surface area contributed by atoms with Crippen molar-refractivity contribution in [2.45, 2.75) is 25.8 Å². The Morgan fingerprint density at radius 3 is 2.64 bits per heavy atom. The predicted octanol–water partition coefficient (Wildman–Crippen LogP) is 1.38. The van der Waals surface area contributed by atoms with Crippen molar-refractivity contribution in [1.82, 2.24) is 4.31 Å². The third-order valence-electron chi connectivity index (χ3n) is 4.48. The first-order valence-corrected chi connectivity index (χ1v) is 9.19. The minimum atomic E-state index is -3.23. The van der Waals surface area contributed by atoms with E-state index in [-0.39, 0.29) is 36.8 Å². The number of halogens is 1. The molecule has 0 bridgehead atoms. The molecule has 22 heavy (non-hydrogen) atoms. The molecule has 1 saturated heterocycles. The number of carbonyl (C=O) groups is 1. The number of aryl methyl sites for hydroxylation is 1. The van der Waals surface area contributed by atoms with Gasteiger partial charge in [0, 0.05) is 24.8 Å². The van der Waals surface area contributed by atoms with Crippen LogP contribution in [0.3, 0.4) is 0 Å². The first-order valence-electron chi connectivity index (χ1n) is 7.34. The zero-order valence-corrected chi connectivity index (χ0v) is 13.4. The van der Waals surface area contributed by atoms with Gasteiger partial charge >= 0.3 is 0 Å². The van der Waals surface area contributed by atoms with Crippen molar-refractivity contribution in [1.29, 1.82) is 0 Å². The van der Waals surface area contributed by atoms with E-state index in [0.717, 1.165) is 30.3 Å². The van der Waals surface area contributed by atoms with E-state index < -0.39 is 10.0 Å². The molecule has 2 aliphatic heterocycles. The number of rotatable bonds is 2. The zero-order valence-electron chi connectivity index (χ0n) is 12.6. The van der Waals surface area contributed by atoms with Crippen LogP contribution in [0.1, 0.15) is 18.9 Å². The number of anilines is 1. The zero-order chi connectivity index (χ0) is 16.1. The lowest BCUT2D eigenvalue weighted by atomic mass is 9.93. The van der Waals surface area contributed by atoms with Crippen molar-refractivity contribution in [3.8, 4) is 0 Å². The maximum atomic E-state index is 13.4. The van der Waals surface area contributed by atoms with Crippen LogP contribution in [-0.4, -0.2) is 44.0 Å². The molecule has 0 spiro atoms. The van der Waals surface area contributed by atoms with Crippen molar-refractivity contribution in [2.75, 3.05) is 24.2 Å². The molecule has 0 unspecified atom stereocenters. The van der Waals surface area contributed by atoms with Gasteiger partial charge < -0.3 is 4.90 Å². The molecule has 0 aliphatic carbocycles. The van der Waals surface area contributed by atoms with E-state index in [9.17, 15) is 17.6 Å². The molecule has 1 aromatic rings. The van der Waals surface area contributed by atoms with E-state index in [2.05, 4.69) is 0 Å². The summed E-state index contributed by atoms with van der Waals surface area (Å²) >= 11 is 0. The lowest BCUT2D eigenvalue weighted by molar-refractivity contribution is -0.126. The van der Waals surface area contributed by atoms with Crippen LogP contribution in [0.4, 0.5) is 10.1 Å². The summed E-state index contributed by atoms with van der Waals surface area (Å²) in [5, 5.41) is 0. The summed E-state index contributed by atoms with van der Waals surface area (Å²) in [6.07, 6.45) is 2.68. The fourth-order valence-corrected chi connectivity index (χ4v) is 4.02. The average Bonchev–Trinajstić information content (AvgIpc) is 2.35. The van der Waals surface area contributed by atoms with Crippen LogP contribution < -0.4 is 4.90 Å². The third kappa shape index (κ3) is 2.63. The number of amides is 1. The van der Waals surface area contributed by atoms with Gasteiger partial charge in [-0.1, -0.05) is 0 Å². The van der Waals surface area contributed by atoms with Crippen LogP contribution in [0.25, 0.3) is 0 Å². The van der Waals surface area contributed by atoms with Gasteiger partial charge in [-0.25, -0.2) is 17.1 Å². The summed E-state index contributed by atoms with van der Waals surface area (Å²) in [5.41, 5.74) is 1.59. The van der Waals surface area contributed by atoms with E-state index in [1.54, 1.807) is 11.0 Å². The topological polar surface area (TPSA) is 57.7 Å². The van der Waals surface area contributed by atoms with E-state index >= 15 is 0 Å². The van der Waals surface area contributed by atoms with Crippen LogP contribution in [0.5, 0.6) is 0 Å². The van der Waals surface area contributed by atoms with Gasteiger partial charge in [0.1, 0.15) is 5.82 Å². The second-order valence-electron chi connectivity index (χ2n) is 6.15. The highest BCUT2D eigenvalue weighted by atomic mass is 32.2. The van der Waals surface area contributed by atoms with E-state index in [4.69, 9.17) is 0 Å². The van der Waals surface area contributed by atoms with E-state index in [1.165, 1.54) is 16.4 Å². The second kappa shape index (κ2) is 5.31. The Kier molecular flexibility index (Phi) is 3.72. The molecule has 1 aromatic carbocycles. The first-order chi connectivity index (χ1) is 10.3. The van der Waals surface area contributed by atoms with Crippen LogP contribution >= 0.6 is 0 Å². The molecule has 1 amide bonds. The van der Waals surface area contributed by atoms with E-state index in [1.807, 2.05) is 6.92 Å². The number of fused-ring (bicyclic) bond motifs is 1. The number of hydrogen-bond donors (Lipinski definition) is 0. The summed E-state index contributed by atoms with van der Waals surface area (Å²) in [6, 6.07) is 4.52. The molecule has 120 valence electrons. The Labute approximate surface area is 129 Å². The number of hydrogen-bond acceptors (Lipinski definition) is 3. The van der Waals surface area contributed by atoms with Crippen LogP contribution in [0.15, 0.2) is 18.2 Å². The van der Waals surface area contributed by atoms with Gasteiger partial charge in [-0.3, -0.25) is 4.79 Å². The molecule has 1 fully saturated rings. The van der Waals surface area contributed by atoms with Gasteiger partial charge in [-0.15, -0.1) is 0 Å². The SMILES string of the molecule is C[C@@H]1CCc2cc(F)ccc2N1C(=O)C1CN(S(C)(=O)=O)C1. The fraction of sp³-hybridized carbons (Fsp3) is 0.533. The van der Waals surface area contributed by atoms with Crippen LogP contribution in [0, 0.1) is 11.7 Å². The van der Waals surface area contributed by atoms with Crippen molar-refractivity contribution in [3.05, 3.63) is 29.6 Å². The molecule has 7 heteroatoms. The standard InChI is InChI=1S/C15H19FN2O3S/c1-10-3-4-11-7-13(16)5-6-14(11)18(10)15(19)12-8-17(9-12)22(2,20)21/h5-7,10,12H,3-4,8-9H2,1-2H3/t10-/m1/s1. The second-order valence-corrected chi connectivity index (χ2v) is 8.13. The van der Waals surface area contributed by atoms with Crippen molar-refractivity contribution in [2.24, 2.45) is 5.92 Å². The number of carbonyl (C=O) groups excluding carboxylic acids is 1. The minimum absolute atomic E-state index is 0.0396. The molecule has 0 saturated carbocycles. The van der Waals surface area contributed by atoms with Crippen LogP contribution in [-0.2, 0) is 21.2 Å². The average molecular weight is 326 g/mol. The lowest BCUT2D eigenvalue weighted by Gasteiger charge is -2.42. The molecule has 3 rings (SSSR count). The summed E-state index contributed by atoms with van der Waals surface area (Å²) in [7, 11) is -3.23. The Morgan fingerprint density at radius 1 is 1.32 bits per heavy atom. The Hall–Kier alpha value is -1.47. The van der Waals surface area contributed by atoms with Gasteiger partial charge in [0.15, 0.2) is 0 Å². The molecular formula is C15H19FN2O3S. The van der Waals surface area contributed by atoms with Gasteiger partial charge in [-0.05, 0) is 43.5 Å². The summed E-state index contributed by atoms with van der Waals surface area (Å²) in [5.74, 6) is -0.680. The highest BCUT2D eigenvalue weighted by Gasteiger charge is 2.42. The van der Waals surface area contributed by atoms with Gasteiger partial charge in [0.2, 0.25) is 15.9 Å². The van der Waals surface area contributed by atoms with Crippen molar-refractivity contribution in [3.63, 3.8) is 0 Å². The van der Waals surface area contributed by atoms with E-state index in [0.29, 0.717) is 0 Å². The number of sulfonamides is 1. The quantitative estimate of drug-likeness (QED) is 0.825. The third-order valence-corrected chi connectivity index (χ3v) is 5.71. The number of nitrogens with zero attached hydrogens (tertiary/aromatic N) is 2. The first kappa shape index (κ1) is 15.4. The maximum Gasteiger partial charge on any atom is 0.233 e. The maximum absolute atomic E-state index is 13.4. The van der Waals surface area contributed by atoms with Gasteiger partial charge in [0.25, 0.3) is 0 Å². The summed E-state index contributed by atoms with van der Waals surface area (Å²) in [6.45, 7) is 2.44. The molecule has 1 atom stereocenters. The Balaban J connectivity index is 1.82. The lowest BCUT2D eigenvalue weighted by Crippen LogP contribution is -2.58. The highest BCUT2D eigenvalue weighted by Crippen LogP contribution is 2.34. The van der Waals surface area contributed by atoms with Gasteiger partial charge in [0.05, 0.1) is 12.2 Å². The molecule has 5 nitrogen and oxygen atoms in total. The fourth-order valence-electron chi connectivity index (χ4n) is 3.12. The Morgan fingerprint density at radius 2 is 2.00 bits per heavy atom. The minimum Gasteiger partial charge on any atom is -0.309 e. The molecule has 0 N–H and O–H groups in total. The normalized spacial score (nSPS) is 23.0. The monoisotopic (exact) mass is 326 g/mol. The number of benzene rings is 1. The summed E-state index contributed by atoms with van der Waals surface area (Å²) < 4.78 is 37.5.